The van der Waals surface area contributed by atoms with Crippen LogP contribution in [0.3, 0.4) is 0 Å². The third-order valence-corrected chi connectivity index (χ3v) is 3.96. The number of hydrogen-bond acceptors (Lipinski definition) is 5. The number of carbonyl (C=O) groups excluding carboxylic acids is 1. The number of aromatic nitrogens is 2. The van der Waals surface area contributed by atoms with Gasteiger partial charge in [-0.25, -0.2) is 14.8 Å². The molecule has 1 aliphatic heterocycles. The summed E-state index contributed by atoms with van der Waals surface area (Å²) in [5.74, 6) is -0.655. The lowest BCUT2D eigenvalue weighted by Gasteiger charge is -2.33. The number of rotatable bonds is 4. The second-order valence-corrected chi connectivity index (χ2v) is 5.69. The largest absolute Gasteiger partial charge is 0.478 e. The third-order valence-electron chi connectivity index (χ3n) is 3.96. The number of anilines is 1. The molecule has 2 aromatic rings. The highest BCUT2D eigenvalue weighted by atomic mass is 16.4. The van der Waals surface area contributed by atoms with Crippen molar-refractivity contribution in [1.29, 1.82) is 0 Å². The highest BCUT2D eigenvalue weighted by Crippen LogP contribution is 2.16. The van der Waals surface area contributed by atoms with Crippen LogP contribution in [0.4, 0.5) is 5.95 Å². The third kappa shape index (κ3) is 3.68. The maximum atomic E-state index is 12.4. The van der Waals surface area contributed by atoms with Crippen LogP contribution in [0.1, 0.15) is 33.6 Å². The van der Waals surface area contributed by atoms with Crippen LogP contribution in [0.25, 0.3) is 0 Å². The van der Waals surface area contributed by atoms with E-state index in [2.05, 4.69) is 15.3 Å². The molecule has 1 aliphatic rings. The van der Waals surface area contributed by atoms with Crippen molar-refractivity contribution in [2.75, 3.05) is 18.0 Å². The molecule has 7 heteroatoms. The summed E-state index contributed by atoms with van der Waals surface area (Å²) in [5.41, 5.74) is 0.452. The number of aromatic carboxylic acids is 1. The Balaban J connectivity index is 1.66. The Hall–Kier alpha value is -2.96. The molecular formula is C17H18N4O3. The van der Waals surface area contributed by atoms with Crippen molar-refractivity contribution in [2.24, 2.45) is 0 Å². The minimum absolute atomic E-state index is 0.0245. The molecule has 24 heavy (non-hydrogen) atoms. The summed E-state index contributed by atoms with van der Waals surface area (Å²) in [6.45, 7) is 1.49. The molecule has 0 bridgehead atoms. The van der Waals surface area contributed by atoms with Crippen LogP contribution in [0.5, 0.6) is 0 Å². The first-order valence-electron chi connectivity index (χ1n) is 7.79. The van der Waals surface area contributed by atoms with E-state index in [1.807, 2.05) is 4.90 Å². The normalized spacial score (nSPS) is 17.3. The van der Waals surface area contributed by atoms with Crippen molar-refractivity contribution in [2.45, 2.75) is 18.9 Å². The Morgan fingerprint density at radius 2 is 1.92 bits per heavy atom. The minimum atomic E-state index is -1.05. The molecule has 1 atom stereocenters. The predicted octanol–water partition coefficient (Wildman–Crippen LogP) is 1.57. The van der Waals surface area contributed by atoms with Crippen LogP contribution in [-0.4, -0.2) is 46.1 Å². The number of benzene rings is 1. The highest BCUT2D eigenvalue weighted by Gasteiger charge is 2.23. The summed E-state index contributed by atoms with van der Waals surface area (Å²) < 4.78 is 0. The van der Waals surface area contributed by atoms with Crippen LogP contribution in [0.15, 0.2) is 42.7 Å². The molecule has 1 aromatic carbocycles. The molecule has 1 amide bonds. The summed E-state index contributed by atoms with van der Waals surface area (Å²) in [4.78, 5) is 33.9. The van der Waals surface area contributed by atoms with Crippen LogP contribution in [-0.2, 0) is 0 Å². The van der Waals surface area contributed by atoms with Gasteiger partial charge in [-0.3, -0.25) is 4.79 Å². The molecule has 0 radical (unpaired) electrons. The van der Waals surface area contributed by atoms with Gasteiger partial charge in [0.1, 0.15) is 0 Å². The van der Waals surface area contributed by atoms with E-state index in [0.29, 0.717) is 18.1 Å². The van der Waals surface area contributed by atoms with E-state index in [4.69, 9.17) is 5.11 Å². The van der Waals surface area contributed by atoms with Gasteiger partial charge >= 0.3 is 5.97 Å². The molecule has 7 nitrogen and oxygen atoms in total. The number of carboxylic acids is 1. The van der Waals surface area contributed by atoms with E-state index in [9.17, 15) is 9.59 Å². The molecule has 1 saturated heterocycles. The fourth-order valence-electron chi connectivity index (χ4n) is 2.79. The zero-order chi connectivity index (χ0) is 16.9. The molecule has 124 valence electrons. The standard InChI is InChI=1S/C17H18N4O3/c22-15(12-4-1-5-13(10-12)16(23)24)20-14-6-2-9-21(11-14)17-18-7-3-8-19-17/h1,3-5,7-8,10,14H,2,6,9,11H2,(H,20,22)(H,23,24)/t14-/m1/s1. The summed E-state index contributed by atoms with van der Waals surface area (Å²) in [5, 5.41) is 12.0. The zero-order valence-corrected chi connectivity index (χ0v) is 13.1. The molecule has 1 fully saturated rings. The van der Waals surface area contributed by atoms with Crippen LogP contribution >= 0.6 is 0 Å². The summed E-state index contributed by atoms with van der Waals surface area (Å²) in [6.07, 6.45) is 5.19. The van der Waals surface area contributed by atoms with Gasteiger partial charge in [0.25, 0.3) is 5.91 Å². The molecule has 0 saturated carbocycles. The van der Waals surface area contributed by atoms with Crippen molar-refractivity contribution in [3.8, 4) is 0 Å². The minimum Gasteiger partial charge on any atom is -0.478 e. The van der Waals surface area contributed by atoms with E-state index in [1.54, 1.807) is 30.6 Å². The quantitative estimate of drug-likeness (QED) is 0.885. The maximum absolute atomic E-state index is 12.4. The van der Waals surface area contributed by atoms with Crippen LogP contribution < -0.4 is 10.2 Å². The molecule has 1 aromatic heterocycles. The zero-order valence-electron chi connectivity index (χ0n) is 13.1. The van der Waals surface area contributed by atoms with Crippen LogP contribution in [0.2, 0.25) is 0 Å². The lowest BCUT2D eigenvalue weighted by Crippen LogP contribution is -2.48. The summed E-state index contributed by atoms with van der Waals surface area (Å²) >= 11 is 0. The first-order valence-corrected chi connectivity index (χ1v) is 7.79. The SMILES string of the molecule is O=C(O)c1cccc(C(=O)N[C@@H]2CCCN(c3ncccn3)C2)c1. The maximum Gasteiger partial charge on any atom is 0.335 e. The van der Waals surface area contributed by atoms with Gasteiger partial charge < -0.3 is 15.3 Å². The number of hydrogen-bond donors (Lipinski definition) is 2. The van der Waals surface area contributed by atoms with Crippen molar-refractivity contribution in [3.63, 3.8) is 0 Å². The van der Waals surface area contributed by atoms with E-state index >= 15 is 0 Å². The second-order valence-electron chi connectivity index (χ2n) is 5.69. The average Bonchev–Trinajstić information content (AvgIpc) is 2.63. The van der Waals surface area contributed by atoms with Crippen molar-refractivity contribution in [1.82, 2.24) is 15.3 Å². The first-order chi connectivity index (χ1) is 11.6. The number of carboxylic acid groups (broad SMARTS) is 1. The van der Waals surface area contributed by atoms with Gasteiger partial charge in [0.05, 0.1) is 5.56 Å². The molecule has 0 aliphatic carbocycles. The van der Waals surface area contributed by atoms with Gasteiger partial charge in [0, 0.05) is 37.1 Å². The van der Waals surface area contributed by atoms with Crippen molar-refractivity contribution in [3.05, 3.63) is 53.9 Å². The number of amides is 1. The van der Waals surface area contributed by atoms with E-state index in [-0.39, 0.29) is 17.5 Å². The van der Waals surface area contributed by atoms with Crippen molar-refractivity contribution < 1.29 is 14.7 Å². The van der Waals surface area contributed by atoms with Crippen LogP contribution in [0, 0.1) is 0 Å². The van der Waals surface area contributed by atoms with Gasteiger partial charge in [0.2, 0.25) is 5.95 Å². The van der Waals surface area contributed by atoms with E-state index in [0.717, 1.165) is 19.4 Å². The monoisotopic (exact) mass is 326 g/mol. The fourth-order valence-corrected chi connectivity index (χ4v) is 2.79. The number of nitrogens with one attached hydrogen (secondary N) is 1. The summed E-state index contributed by atoms with van der Waals surface area (Å²) in [6, 6.07) is 7.78. The van der Waals surface area contributed by atoms with Gasteiger partial charge in [-0.2, -0.15) is 0 Å². The Morgan fingerprint density at radius 3 is 2.67 bits per heavy atom. The van der Waals surface area contributed by atoms with Gasteiger partial charge in [-0.05, 0) is 37.1 Å². The number of carbonyl (C=O) groups is 2. The number of nitrogens with zero attached hydrogens (tertiary/aromatic N) is 3. The number of piperidine rings is 1. The first kappa shape index (κ1) is 15.9. The molecule has 3 rings (SSSR count). The molecular weight excluding hydrogens is 308 g/mol. The van der Waals surface area contributed by atoms with E-state index in [1.165, 1.54) is 12.1 Å². The van der Waals surface area contributed by atoms with Gasteiger partial charge in [-0.1, -0.05) is 6.07 Å². The van der Waals surface area contributed by atoms with E-state index < -0.39 is 5.97 Å². The molecule has 0 unspecified atom stereocenters. The van der Waals surface area contributed by atoms with Crippen molar-refractivity contribution >= 4 is 17.8 Å². The Bertz CT molecular complexity index is 736. The summed E-state index contributed by atoms with van der Waals surface area (Å²) in [7, 11) is 0. The molecule has 0 spiro atoms. The predicted molar refractivity (Wildman–Crippen MR) is 88.1 cm³/mol. The molecule has 2 heterocycles. The Kier molecular flexibility index (Phi) is 4.69. The van der Waals surface area contributed by atoms with Gasteiger partial charge in [-0.15, -0.1) is 0 Å². The lowest BCUT2D eigenvalue weighted by atomic mass is 10.0. The molecule has 2 N–H and O–H groups in total. The highest BCUT2D eigenvalue weighted by molar-refractivity contribution is 5.97. The Labute approximate surface area is 139 Å². The smallest absolute Gasteiger partial charge is 0.335 e. The van der Waals surface area contributed by atoms with Gasteiger partial charge in [0.15, 0.2) is 0 Å². The Morgan fingerprint density at radius 1 is 1.17 bits per heavy atom. The second kappa shape index (κ2) is 7.08. The average molecular weight is 326 g/mol. The fraction of sp³-hybridized carbons (Fsp3) is 0.294. The topological polar surface area (TPSA) is 95.4 Å². The lowest BCUT2D eigenvalue weighted by molar-refractivity contribution is 0.0697.